The molecular formula is C20H23FN2O3S. The Morgan fingerprint density at radius 2 is 2.04 bits per heavy atom. The zero-order valence-corrected chi connectivity index (χ0v) is 16.2. The number of benzene rings is 1. The zero-order valence-electron chi connectivity index (χ0n) is 15.4. The maximum atomic E-state index is 13.0. The Hall–Kier alpha value is -2.28. The smallest absolute Gasteiger partial charge is 0.291 e. The first-order valence-corrected chi connectivity index (χ1v) is 10.0. The Morgan fingerprint density at radius 3 is 2.67 bits per heavy atom. The predicted octanol–water partition coefficient (Wildman–Crippen LogP) is 3.66. The number of furan rings is 1. The molecule has 27 heavy (non-hydrogen) atoms. The van der Waals surface area contributed by atoms with Crippen LogP contribution in [-0.4, -0.2) is 33.9 Å². The normalized spacial score (nSPS) is 19.5. The summed E-state index contributed by atoms with van der Waals surface area (Å²) in [6, 6.07) is 8.70. The molecule has 2 heterocycles. The summed E-state index contributed by atoms with van der Waals surface area (Å²) in [5.41, 5.74) is 0.804. The van der Waals surface area contributed by atoms with Gasteiger partial charge >= 0.3 is 0 Å². The van der Waals surface area contributed by atoms with Gasteiger partial charge in [-0.3, -0.25) is 9.59 Å². The molecule has 1 aromatic carbocycles. The fourth-order valence-electron chi connectivity index (χ4n) is 3.06. The molecule has 1 aliphatic heterocycles. The van der Waals surface area contributed by atoms with Gasteiger partial charge in [0.15, 0.2) is 5.76 Å². The minimum atomic E-state index is -0.559. The Morgan fingerprint density at radius 1 is 1.30 bits per heavy atom. The van der Waals surface area contributed by atoms with Crippen molar-refractivity contribution >= 4 is 23.6 Å². The number of hydrogen-bond donors (Lipinski definition) is 1. The van der Waals surface area contributed by atoms with Crippen molar-refractivity contribution in [3.63, 3.8) is 0 Å². The van der Waals surface area contributed by atoms with E-state index in [0.717, 1.165) is 12.0 Å². The van der Waals surface area contributed by atoms with Crippen LogP contribution in [0.25, 0.3) is 0 Å². The van der Waals surface area contributed by atoms with Gasteiger partial charge in [-0.1, -0.05) is 26.0 Å². The number of rotatable bonds is 6. The second-order valence-electron chi connectivity index (χ2n) is 6.97. The molecule has 5 nitrogen and oxygen atoms in total. The number of nitrogens with zero attached hydrogens (tertiary/aromatic N) is 1. The van der Waals surface area contributed by atoms with E-state index in [0.29, 0.717) is 11.7 Å². The number of carbonyl (C=O) groups excluding carboxylic acids is 2. The maximum absolute atomic E-state index is 13.0. The van der Waals surface area contributed by atoms with Crippen molar-refractivity contribution in [3.8, 4) is 0 Å². The number of amides is 2. The monoisotopic (exact) mass is 390 g/mol. The second-order valence-corrected chi connectivity index (χ2v) is 8.18. The summed E-state index contributed by atoms with van der Waals surface area (Å²) in [6.07, 6.45) is 2.26. The van der Waals surface area contributed by atoms with Crippen LogP contribution < -0.4 is 5.32 Å². The summed E-state index contributed by atoms with van der Waals surface area (Å²) >= 11 is 1.62. The first-order valence-electron chi connectivity index (χ1n) is 8.95. The van der Waals surface area contributed by atoms with Gasteiger partial charge in [-0.05, 0) is 42.2 Å². The summed E-state index contributed by atoms with van der Waals surface area (Å²) in [7, 11) is 0. The molecule has 1 saturated heterocycles. The minimum absolute atomic E-state index is 0.0656. The molecule has 1 aromatic heterocycles. The van der Waals surface area contributed by atoms with E-state index in [-0.39, 0.29) is 35.3 Å². The highest BCUT2D eigenvalue weighted by Crippen LogP contribution is 2.34. The molecule has 2 unspecified atom stereocenters. The summed E-state index contributed by atoms with van der Waals surface area (Å²) in [6.45, 7) is 4.48. The van der Waals surface area contributed by atoms with Crippen LogP contribution in [0.5, 0.6) is 0 Å². The summed E-state index contributed by atoms with van der Waals surface area (Å²) < 4.78 is 18.3. The van der Waals surface area contributed by atoms with Crippen molar-refractivity contribution in [2.24, 2.45) is 5.92 Å². The van der Waals surface area contributed by atoms with E-state index < -0.39 is 6.04 Å². The molecule has 0 saturated carbocycles. The van der Waals surface area contributed by atoms with Gasteiger partial charge in [0, 0.05) is 12.3 Å². The lowest BCUT2D eigenvalue weighted by atomic mass is 10.1. The van der Waals surface area contributed by atoms with Gasteiger partial charge in [-0.2, -0.15) is 0 Å². The summed E-state index contributed by atoms with van der Waals surface area (Å²) in [5, 5.41) is 2.80. The molecule has 3 rings (SSSR count). The van der Waals surface area contributed by atoms with Crippen molar-refractivity contribution in [1.29, 1.82) is 0 Å². The zero-order chi connectivity index (χ0) is 19.4. The molecule has 1 N–H and O–H groups in total. The van der Waals surface area contributed by atoms with Crippen LogP contribution in [0.15, 0.2) is 47.1 Å². The Labute approximate surface area is 162 Å². The Balaban J connectivity index is 1.72. The van der Waals surface area contributed by atoms with E-state index in [1.54, 1.807) is 40.9 Å². The molecule has 2 amide bonds. The van der Waals surface area contributed by atoms with Gasteiger partial charge in [0.1, 0.15) is 11.9 Å². The molecule has 0 radical (unpaired) electrons. The topological polar surface area (TPSA) is 62.6 Å². The first kappa shape index (κ1) is 19.5. The third-order valence-corrected chi connectivity index (χ3v) is 5.73. The summed E-state index contributed by atoms with van der Waals surface area (Å²) in [5.74, 6) is 0.386. The average molecular weight is 390 g/mol. The quantitative estimate of drug-likeness (QED) is 0.818. The average Bonchev–Trinajstić information content (AvgIpc) is 3.30. The van der Waals surface area contributed by atoms with Crippen LogP contribution in [0.3, 0.4) is 0 Å². The van der Waals surface area contributed by atoms with Crippen LogP contribution in [0.4, 0.5) is 4.39 Å². The van der Waals surface area contributed by atoms with Gasteiger partial charge in [0.2, 0.25) is 5.91 Å². The third-order valence-electron chi connectivity index (χ3n) is 4.41. The second kappa shape index (κ2) is 8.61. The van der Waals surface area contributed by atoms with Gasteiger partial charge in [-0.15, -0.1) is 11.8 Å². The molecular weight excluding hydrogens is 367 g/mol. The van der Waals surface area contributed by atoms with E-state index in [2.05, 4.69) is 19.2 Å². The number of hydrogen-bond acceptors (Lipinski definition) is 4. The maximum Gasteiger partial charge on any atom is 0.291 e. The predicted molar refractivity (Wildman–Crippen MR) is 103 cm³/mol. The highest BCUT2D eigenvalue weighted by atomic mass is 32.2. The summed E-state index contributed by atoms with van der Waals surface area (Å²) in [4.78, 5) is 27.3. The molecule has 1 fully saturated rings. The standard InChI is InChI=1S/C20H23FN2O3S/c1-13(2)10-18-23(20(25)17-4-3-9-26-17)16(12-27-18)19(24)22-11-14-5-7-15(21)8-6-14/h3-9,13,16,18H,10-12H2,1-2H3,(H,22,24). The van der Waals surface area contributed by atoms with Crippen LogP contribution >= 0.6 is 11.8 Å². The number of nitrogens with one attached hydrogen (secondary N) is 1. The lowest BCUT2D eigenvalue weighted by Crippen LogP contribution is -2.49. The molecule has 7 heteroatoms. The molecule has 1 aliphatic rings. The number of carbonyl (C=O) groups is 2. The molecule has 0 spiro atoms. The van der Waals surface area contributed by atoms with Gasteiger partial charge in [0.25, 0.3) is 5.91 Å². The lowest BCUT2D eigenvalue weighted by molar-refractivity contribution is -0.125. The van der Waals surface area contributed by atoms with E-state index in [4.69, 9.17) is 4.42 Å². The highest BCUT2D eigenvalue weighted by molar-refractivity contribution is 8.00. The van der Waals surface area contributed by atoms with Crippen molar-refractivity contribution in [2.75, 3.05) is 5.75 Å². The molecule has 0 bridgehead atoms. The fraction of sp³-hybridized carbons (Fsp3) is 0.400. The van der Waals surface area contributed by atoms with Crippen molar-refractivity contribution in [1.82, 2.24) is 10.2 Å². The van der Waals surface area contributed by atoms with E-state index in [1.807, 2.05) is 0 Å². The fourth-order valence-corrected chi connectivity index (χ4v) is 4.70. The molecule has 2 aromatic rings. The van der Waals surface area contributed by atoms with Crippen molar-refractivity contribution in [2.45, 2.75) is 38.2 Å². The van der Waals surface area contributed by atoms with Crippen molar-refractivity contribution in [3.05, 3.63) is 59.8 Å². The van der Waals surface area contributed by atoms with Gasteiger partial charge < -0.3 is 14.6 Å². The molecule has 144 valence electrons. The minimum Gasteiger partial charge on any atom is -0.459 e. The van der Waals surface area contributed by atoms with Crippen molar-refractivity contribution < 1.29 is 18.4 Å². The number of halogens is 1. The van der Waals surface area contributed by atoms with E-state index in [1.165, 1.54) is 18.4 Å². The van der Waals surface area contributed by atoms with Crippen LogP contribution in [0, 0.1) is 11.7 Å². The first-order chi connectivity index (χ1) is 13.0. The van der Waals surface area contributed by atoms with E-state index >= 15 is 0 Å². The van der Waals surface area contributed by atoms with Gasteiger partial charge in [0.05, 0.1) is 11.6 Å². The molecule has 0 aliphatic carbocycles. The van der Waals surface area contributed by atoms with Crippen LogP contribution in [-0.2, 0) is 11.3 Å². The van der Waals surface area contributed by atoms with Crippen LogP contribution in [0.1, 0.15) is 36.4 Å². The number of thioether (sulfide) groups is 1. The van der Waals surface area contributed by atoms with E-state index in [9.17, 15) is 14.0 Å². The largest absolute Gasteiger partial charge is 0.459 e. The third kappa shape index (κ3) is 4.71. The van der Waals surface area contributed by atoms with Gasteiger partial charge in [-0.25, -0.2) is 4.39 Å². The Kier molecular flexibility index (Phi) is 6.21. The SMILES string of the molecule is CC(C)CC1SCC(C(=O)NCc2ccc(F)cc2)N1C(=O)c1ccco1. The Bertz CT molecular complexity index is 777. The highest BCUT2D eigenvalue weighted by Gasteiger charge is 2.42. The van der Waals surface area contributed by atoms with Crippen LogP contribution in [0.2, 0.25) is 0 Å². The molecule has 2 atom stereocenters. The lowest BCUT2D eigenvalue weighted by Gasteiger charge is -2.29.